The minimum atomic E-state index is 0.00396. The molecule has 1 heterocycles. The van der Waals surface area contributed by atoms with Crippen LogP contribution in [0.15, 0.2) is 0 Å². The molecule has 2 unspecified atom stereocenters. The Balaban J connectivity index is 1.63. The van der Waals surface area contributed by atoms with Gasteiger partial charge in [-0.25, -0.2) is 4.79 Å². The zero-order chi connectivity index (χ0) is 11.4. The maximum absolute atomic E-state index is 11.5. The lowest BCUT2D eigenvalue weighted by molar-refractivity contribution is 0.222. The van der Waals surface area contributed by atoms with Crippen LogP contribution in [0.25, 0.3) is 0 Å². The van der Waals surface area contributed by atoms with Gasteiger partial charge in [0.05, 0.1) is 0 Å². The standard InChI is InChI=1S/C12H23N3O/c1-9-4-3-7-13-11(9)8-14-12(16)15-10-5-2-6-10/h9-11,13H,2-8H2,1H3,(H2,14,15,16). The highest BCUT2D eigenvalue weighted by Crippen LogP contribution is 2.18. The van der Waals surface area contributed by atoms with Crippen LogP contribution in [-0.4, -0.2) is 31.2 Å². The van der Waals surface area contributed by atoms with Crippen molar-refractivity contribution in [1.29, 1.82) is 0 Å². The molecule has 0 bridgehead atoms. The van der Waals surface area contributed by atoms with E-state index in [-0.39, 0.29) is 6.03 Å². The third-order valence-electron chi connectivity index (χ3n) is 3.85. The fraction of sp³-hybridized carbons (Fsp3) is 0.917. The molecule has 0 spiro atoms. The molecule has 0 aromatic carbocycles. The Hall–Kier alpha value is -0.770. The highest BCUT2D eigenvalue weighted by Gasteiger charge is 2.22. The largest absolute Gasteiger partial charge is 0.337 e. The molecule has 4 nitrogen and oxygen atoms in total. The van der Waals surface area contributed by atoms with Crippen molar-refractivity contribution < 1.29 is 4.79 Å². The molecule has 0 aromatic rings. The molecular weight excluding hydrogens is 202 g/mol. The quantitative estimate of drug-likeness (QED) is 0.676. The summed E-state index contributed by atoms with van der Waals surface area (Å²) in [4.78, 5) is 11.5. The second-order valence-corrected chi connectivity index (χ2v) is 5.16. The number of hydrogen-bond acceptors (Lipinski definition) is 2. The number of nitrogens with one attached hydrogen (secondary N) is 3. The third kappa shape index (κ3) is 3.11. The van der Waals surface area contributed by atoms with Gasteiger partial charge in [0.2, 0.25) is 0 Å². The number of urea groups is 1. The summed E-state index contributed by atoms with van der Waals surface area (Å²) >= 11 is 0. The first kappa shape index (κ1) is 11.7. The van der Waals surface area contributed by atoms with Crippen LogP contribution in [-0.2, 0) is 0 Å². The number of hydrogen-bond donors (Lipinski definition) is 3. The molecule has 92 valence electrons. The van der Waals surface area contributed by atoms with Crippen LogP contribution in [0.3, 0.4) is 0 Å². The van der Waals surface area contributed by atoms with Gasteiger partial charge < -0.3 is 16.0 Å². The van der Waals surface area contributed by atoms with E-state index in [0.717, 1.165) is 25.9 Å². The molecule has 2 rings (SSSR count). The van der Waals surface area contributed by atoms with Gasteiger partial charge in [0.1, 0.15) is 0 Å². The SMILES string of the molecule is CC1CCCNC1CNC(=O)NC1CCC1. The molecule has 1 saturated heterocycles. The normalized spacial score (nSPS) is 30.6. The van der Waals surface area contributed by atoms with Crippen LogP contribution in [0.1, 0.15) is 39.0 Å². The second kappa shape index (κ2) is 5.53. The van der Waals surface area contributed by atoms with Gasteiger partial charge >= 0.3 is 6.03 Å². The molecule has 2 fully saturated rings. The first-order valence-electron chi connectivity index (χ1n) is 6.53. The molecule has 2 amide bonds. The zero-order valence-electron chi connectivity index (χ0n) is 10.1. The van der Waals surface area contributed by atoms with Gasteiger partial charge in [-0.05, 0) is 44.6 Å². The van der Waals surface area contributed by atoms with Crippen LogP contribution in [0.4, 0.5) is 4.79 Å². The van der Waals surface area contributed by atoms with E-state index >= 15 is 0 Å². The smallest absolute Gasteiger partial charge is 0.315 e. The van der Waals surface area contributed by atoms with Gasteiger partial charge in [-0.15, -0.1) is 0 Å². The summed E-state index contributed by atoms with van der Waals surface area (Å²) < 4.78 is 0. The number of amides is 2. The van der Waals surface area contributed by atoms with E-state index in [0.29, 0.717) is 18.0 Å². The van der Waals surface area contributed by atoms with E-state index in [9.17, 15) is 4.79 Å². The lowest BCUT2D eigenvalue weighted by Gasteiger charge is -2.31. The van der Waals surface area contributed by atoms with Crippen molar-refractivity contribution >= 4 is 6.03 Å². The number of rotatable bonds is 3. The lowest BCUT2D eigenvalue weighted by Crippen LogP contribution is -2.51. The first-order chi connectivity index (χ1) is 7.75. The molecule has 1 saturated carbocycles. The molecule has 4 heteroatoms. The van der Waals surface area contributed by atoms with Gasteiger partial charge in [0.25, 0.3) is 0 Å². The van der Waals surface area contributed by atoms with E-state index in [1.54, 1.807) is 0 Å². The Morgan fingerprint density at radius 3 is 2.75 bits per heavy atom. The average Bonchev–Trinajstić information content (AvgIpc) is 2.22. The minimum Gasteiger partial charge on any atom is -0.337 e. The summed E-state index contributed by atoms with van der Waals surface area (Å²) in [6, 6.07) is 0.877. The summed E-state index contributed by atoms with van der Waals surface area (Å²) in [5.41, 5.74) is 0. The van der Waals surface area contributed by atoms with Gasteiger partial charge in [0, 0.05) is 18.6 Å². The van der Waals surface area contributed by atoms with Crippen molar-refractivity contribution in [2.24, 2.45) is 5.92 Å². The van der Waals surface area contributed by atoms with E-state index in [4.69, 9.17) is 0 Å². The monoisotopic (exact) mass is 225 g/mol. The molecule has 16 heavy (non-hydrogen) atoms. The second-order valence-electron chi connectivity index (χ2n) is 5.16. The summed E-state index contributed by atoms with van der Waals surface area (Å²) in [5, 5.41) is 9.43. The van der Waals surface area contributed by atoms with Crippen LogP contribution in [0, 0.1) is 5.92 Å². The van der Waals surface area contributed by atoms with Gasteiger partial charge in [-0.1, -0.05) is 6.92 Å². The Bertz CT molecular complexity index is 240. The third-order valence-corrected chi connectivity index (χ3v) is 3.85. The predicted molar refractivity (Wildman–Crippen MR) is 64.4 cm³/mol. The first-order valence-corrected chi connectivity index (χ1v) is 6.53. The van der Waals surface area contributed by atoms with E-state index < -0.39 is 0 Å². The molecule has 3 N–H and O–H groups in total. The molecule has 1 aliphatic carbocycles. The van der Waals surface area contributed by atoms with Gasteiger partial charge in [-0.2, -0.15) is 0 Å². The lowest BCUT2D eigenvalue weighted by atomic mass is 9.92. The number of piperidine rings is 1. The molecule has 0 aromatic heterocycles. The van der Waals surface area contributed by atoms with Gasteiger partial charge in [0.15, 0.2) is 0 Å². The van der Waals surface area contributed by atoms with Crippen molar-refractivity contribution in [3.05, 3.63) is 0 Å². The summed E-state index contributed by atoms with van der Waals surface area (Å²) in [5.74, 6) is 0.665. The maximum Gasteiger partial charge on any atom is 0.315 e. The Morgan fingerprint density at radius 2 is 2.12 bits per heavy atom. The highest BCUT2D eigenvalue weighted by molar-refractivity contribution is 5.74. The van der Waals surface area contributed by atoms with E-state index in [2.05, 4.69) is 22.9 Å². The molecule has 0 radical (unpaired) electrons. The zero-order valence-corrected chi connectivity index (χ0v) is 10.1. The minimum absolute atomic E-state index is 0.00396. The molecule has 1 aliphatic heterocycles. The van der Waals surface area contributed by atoms with Crippen molar-refractivity contribution in [2.45, 2.75) is 51.1 Å². The number of carbonyl (C=O) groups is 1. The highest BCUT2D eigenvalue weighted by atomic mass is 16.2. The Labute approximate surface area is 97.6 Å². The molecular formula is C12H23N3O. The van der Waals surface area contributed by atoms with Crippen LogP contribution in [0.5, 0.6) is 0 Å². The van der Waals surface area contributed by atoms with Crippen molar-refractivity contribution in [1.82, 2.24) is 16.0 Å². The Morgan fingerprint density at radius 1 is 1.31 bits per heavy atom. The van der Waals surface area contributed by atoms with Crippen molar-refractivity contribution in [3.63, 3.8) is 0 Å². The molecule has 2 aliphatic rings. The Kier molecular flexibility index (Phi) is 4.04. The predicted octanol–water partition coefficient (Wildman–Crippen LogP) is 1.23. The maximum atomic E-state index is 11.5. The van der Waals surface area contributed by atoms with Gasteiger partial charge in [-0.3, -0.25) is 0 Å². The fourth-order valence-corrected chi connectivity index (χ4v) is 2.38. The van der Waals surface area contributed by atoms with Crippen LogP contribution >= 0.6 is 0 Å². The summed E-state index contributed by atoms with van der Waals surface area (Å²) in [6.45, 7) is 4.09. The van der Waals surface area contributed by atoms with E-state index in [1.165, 1.54) is 19.3 Å². The van der Waals surface area contributed by atoms with Crippen molar-refractivity contribution in [3.8, 4) is 0 Å². The summed E-state index contributed by atoms with van der Waals surface area (Å²) in [7, 11) is 0. The average molecular weight is 225 g/mol. The summed E-state index contributed by atoms with van der Waals surface area (Å²) in [6.07, 6.45) is 6.07. The van der Waals surface area contributed by atoms with Crippen LogP contribution in [0.2, 0.25) is 0 Å². The topological polar surface area (TPSA) is 53.2 Å². The van der Waals surface area contributed by atoms with Crippen LogP contribution < -0.4 is 16.0 Å². The fourth-order valence-electron chi connectivity index (χ4n) is 2.38. The molecule has 2 atom stereocenters. The van der Waals surface area contributed by atoms with E-state index in [1.807, 2.05) is 0 Å². The number of carbonyl (C=O) groups excluding carboxylic acids is 1. The van der Waals surface area contributed by atoms with Crippen molar-refractivity contribution in [2.75, 3.05) is 13.1 Å².